The zero-order chi connectivity index (χ0) is 12.8. The van der Waals surface area contributed by atoms with E-state index in [0.29, 0.717) is 30.2 Å². The van der Waals surface area contributed by atoms with Gasteiger partial charge in [-0.05, 0) is 24.3 Å². The average Bonchev–Trinajstić information content (AvgIpc) is 2.85. The first kappa shape index (κ1) is 11.9. The van der Waals surface area contributed by atoms with Crippen molar-refractivity contribution in [2.75, 3.05) is 17.6 Å². The van der Waals surface area contributed by atoms with Crippen LogP contribution in [0.3, 0.4) is 0 Å². The van der Waals surface area contributed by atoms with Gasteiger partial charge in [0.2, 0.25) is 5.89 Å². The van der Waals surface area contributed by atoms with E-state index in [4.69, 9.17) is 10.3 Å². The Kier molecular flexibility index (Phi) is 3.75. The minimum atomic E-state index is -0.292. The maximum atomic E-state index is 11.5. The summed E-state index contributed by atoms with van der Waals surface area (Å²) in [4.78, 5) is 15.3. The number of aromatic nitrogens is 2. The number of hydrogen-bond acceptors (Lipinski definition) is 5. The molecule has 0 atom stereocenters. The van der Waals surface area contributed by atoms with E-state index in [1.54, 1.807) is 24.3 Å². The number of anilines is 2. The number of nitrogen functional groups attached to an aromatic ring is 1. The number of nitrogens with zero attached hydrogens (tertiary/aromatic N) is 2. The number of hydrogen-bond donors (Lipinski definition) is 3. The van der Waals surface area contributed by atoms with Crippen molar-refractivity contribution in [3.63, 3.8) is 0 Å². The van der Waals surface area contributed by atoms with Crippen LogP contribution in [0.1, 0.15) is 5.89 Å². The Balaban J connectivity index is 1.73. The van der Waals surface area contributed by atoms with E-state index in [2.05, 4.69) is 20.8 Å². The van der Waals surface area contributed by atoms with Gasteiger partial charge in [-0.25, -0.2) is 4.79 Å². The summed E-state index contributed by atoms with van der Waals surface area (Å²) in [5, 5.41) is 8.82. The van der Waals surface area contributed by atoms with Crippen LogP contribution in [0.25, 0.3) is 0 Å². The zero-order valence-electron chi connectivity index (χ0n) is 9.59. The number of nitrogens with two attached hydrogens (primary N) is 1. The molecule has 0 radical (unpaired) electrons. The summed E-state index contributed by atoms with van der Waals surface area (Å²) in [5.41, 5.74) is 6.87. The molecular weight excluding hydrogens is 234 g/mol. The SMILES string of the molecule is Nc1ccc(NC(=O)NCCc2ncno2)cc1. The van der Waals surface area contributed by atoms with Crippen molar-refractivity contribution in [3.8, 4) is 0 Å². The Morgan fingerprint density at radius 1 is 1.33 bits per heavy atom. The number of nitrogens with one attached hydrogen (secondary N) is 2. The second-order valence-electron chi connectivity index (χ2n) is 3.59. The maximum Gasteiger partial charge on any atom is 0.319 e. The third kappa shape index (κ3) is 3.48. The van der Waals surface area contributed by atoms with E-state index < -0.39 is 0 Å². The molecule has 0 spiro atoms. The summed E-state index contributed by atoms with van der Waals surface area (Å²) in [7, 11) is 0. The molecule has 0 saturated heterocycles. The number of carbonyl (C=O) groups is 1. The van der Waals surface area contributed by atoms with Gasteiger partial charge >= 0.3 is 6.03 Å². The fourth-order valence-electron chi connectivity index (χ4n) is 1.33. The molecule has 1 heterocycles. The molecule has 2 amide bonds. The first-order chi connectivity index (χ1) is 8.74. The fraction of sp³-hybridized carbons (Fsp3) is 0.182. The van der Waals surface area contributed by atoms with E-state index in [1.165, 1.54) is 6.33 Å². The van der Waals surface area contributed by atoms with Gasteiger partial charge in [0.05, 0.1) is 0 Å². The van der Waals surface area contributed by atoms with Gasteiger partial charge in [-0.15, -0.1) is 0 Å². The van der Waals surface area contributed by atoms with E-state index in [1.807, 2.05) is 0 Å². The predicted octanol–water partition coefficient (Wildman–Crippen LogP) is 1.02. The van der Waals surface area contributed by atoms with Gasteiger partial charge in [0.15, 0.2) is 6.33 Å². The lowest BCUT2D eigenvalue weighted by atomic mass is 10.3. The van der Waals surface area contributed by atoms with E-state index in [0.717, 1.165) is 0 Å². The van der Waals surface area contributed by atoms with Crippen molar-refractivity contribution in [1.82, 2.24) is 15.5 Å². The van der Waals surface area contributed by atoms with Crippen LogP contribution in [-0.2, 0) is 6.42 Å². The molecule has 7 nitrogen and oxygen atoms in total. The molecule has 7 heteroatoms. The zero-order valence-corrected chi connectivity index (χ0v) is 9.59. The van der Waals surface area contributed by atoms with Crippen LogP contribution in [0.2, 0.25) is 0 Å². The number of carbonyl (C=O) groups excluding carboxylic acids is 1. The Bertz CT molecular complexity index is 495. The first-order valence-electron chi connectivity index (χ1n) is 5.40. The van der Waals surface area contributed by atoms with Crippen molar-refractivity contribution in [3.05, 3.63) is 36.5 Å². The summed E-state index contributed by atoms with van der Waals surface area (Å²) < 4.78 is 4.80. The monoisotopic (exact) mass is 247 g/mol. The lowest BCUT2D eigenvalue weighted by Gasteiger charge is -2.06. The molecule has 2 aromatic rings. The smallest absolute Gasteiger partial charge is 0.319 e. The molecule has 2 rings (SSSR count). The van der Waals surface area contributed by atoms with Gasteiger partial charge in [-0.3, -0.25) is 0 Å². The highest BCUT2D eigenvalue weighted by atomic mass is 16.5. The van der Waals surface area contributed by atoms with Gasteiger partial charge in [0.25, 0.3) is 0 Å². The lowest BCUT2D eigenvalue weighted by Crippen LogP contribution is -2.30. The molecule has 0 aliphatic carbocycles. The second-order valence-corrected chi connectivity index (χ2v) is 3.59. The van der Waals surface area contributed by atoms with Crippen molar-refractivity contribution in [1.29, 1.82) is 0 Å². The summed E-state index contributed by atoms with van der Waals surface area (Å²) >= 11 is 0. The van der Waals surface area contributed by atoms with Crippen molar-refractivity contribution in [2.24, 2.45) is 0 Å². The largest absolute Gasteiger partial charge is 0.399 e. The Morgan fingerprint density at radius 3 is 2.78 bits per heavy atom. The number of amides is 2. The quantitative estimate of drug-likeness (QED) is 0.699. The molecule has 0 unspecified atom stereocenters. The highest BCUT2D eigenvalue weighted by Gasteiger charge is 2.03. The van der Waals surface area contributed by atoms with Crippen molar-refractivity contribution in [2.45, 2.75) is 6.42 Å². The Morgan fingerprint density at radius 2 is 2.11 bits per heavy atom. The van der Waals surface area contributed by atoms with Crippen molar-refractivity contribution < 1.29 is 9.32 Å². The van der Waals surface area contributed by atoms with Crippen LogP contribution < -0.4 is 16.4 Å². The highest BCUT2D eigenvalue weighted by molar-refractivity contribution is 5.89. The molecule has 1 aromatic carbocycles. The Hall–Kier alpha value is -2.57. The predicted molar refractivity (Wildman–Crippen MR) is 65.9 cm³/mol. The molecule has 0 aliphatic rings. The molecule has 94 valence electrons. The molecule has 4 N–H and O–H groups in total. The van der Waals surface area contributed by atoms with Gasteiger partial charge in [0, 0.05) is 24.3 Å². The van der Waals surface area contributed by atoms with Crippen molar-refractivity contribution >= 4 is 17.4 Å². The third-order valence-electron chi connectivity index (χ3n) is 2.20. The molecule has 0 fully saturated rings. The molecule has 0 bridgehead atoms. The van der Waals surface area contributed by atoms with Crippen LogP contribution in [0.15, 0.2) is 35.1 Å². The molecule has 0 aliphatic heterocycles. The summed E-state index contributed by atoms with van der Waals surface area (Å²) in [5.74, 6) is 0.489. The molecule has 0 saturated carbocycles. The van der Waals surface area contributed by atoms with Crippen LogP contribution in [0.5, 0.6) is 0 Å². The summed E-state index contributed by atoms with van der Waals surface area (Å²) in [6.45, 7) is 0.420. The molecular formula is C11H13N5O2. The molecule has 1 aromatic heterocycles. The summed E-state index contributed by atoms with van der Waals surface area (Å²) in [6.07, 6.45) is 1.82. The van der Waals surface area contributed by atoms with Crippen LogP contribution in [0.4, 0.5) is 16.2 Å². The maximum absolute atomic E-state index is 11.5. The third-order valence-corrected chi connectivity index (χ3v) is 2.20. The van der Waals surface area contributed by atoms with Crippen LogP contribution in [-0.4, -0.2) is 22.7 Å². The van der Waals surface area contributed by atoms with Gasteiger partial charge in [-0.2, -0.15) is 4.98 Å². The lowest BCUT2D eigenvalue weighted by molar-refractivity contribution is 0.252. The van der Waals surface area contributed by atoms with Crippen LogP contribution >= 0.6 is 0 Å². The van der Waals surface area contributed by atoms with Crippen LogP contribution in [0, 0.1) is 0 Å². The Labute approximate surface area is 103 Å². The highest BCUT2D eigenvalue weighted by Crippen LogP contribution is 2.09. The number of urea groups is 1. The number of rotatable bonds is 4. The van der Waals surface area contributed by atoms with E-state index >= 15 is 0 Å². The molecule has 18 heavy (non-hydrogen) atoms. The average molecular weight is 247 g/mol. The standard InChI is InChI=1S/C11H13N5O2/c12-8-1-3-9(4-2-8)16-11(17)13-6-5-10-14-7-15-18-10/h1-4,7H,5-6,12H2,(H2,13,16,17). The normalized spacial score (nSPS) is 10.0. The summed E-state index contributed by atoms with van der Waals surface area (Å²) in [6, 6.07) is 6.60. The van der Waals surface area contributed by atoms with E-state index in [9.17, 15) is 4.79 Å². The topological polar surface area (TPSA) is 106 Å². The van der Waals surface area contributed by atoms with Gasteiger partial charge in [-0.1, -0.05) is 5.16 Å². The second kappa shape index (κ2) is 5.67. The first-order valence-corrected chi connectivity index (χ1v) is 5.40. The van der Waals surface area contributed by atoms with Gasteiger partial charge in [0.1, 0.15) is 0 Å². The minimum absolute atomic E-state index is 0.292. The number of benzene rings is 1. The van der Waals surface area contributed by atoms with Gasteiger partial charge < -0.3 is 20.9 Å². The van der Waals surface area contributed by atoms with E-state index in [-0.39, 0.29) is 6.03 Å². The minimum Gasteiger partial charge on any atom is -0.399 e. The fourth-order valence-corrected chi connectivity index (χ4v) is 1.33.